The first-order chi connectivity index (χ1) is 15.1. The van der Waals surface area contributed by atoms with Crippen LogP contribution in [0.5, 0.6) is 5.75 Å². The Morgan fingerprint density at radius 3 is 2.45 bits per heavy atom. The van der Waals surface area contributed by atoms with Crippen LogP contribution in [0, 0.1) is 30.1 Å². The molecule has 5 nitrogen and oxygen atoms in total. The molecule has 1 heterocycles. The van der Waals surface area contributed by atoms with E-state index in [9.17, 15) is 5.11 Å². The first kappa shape index (κ1) is 21.0. The smallest absolute Gasteiger partial charge is 0.230 e. The van der Waals surface area contributed by atoms with Crippen molar-refractivity contribution in [2.75, 3.05) is 26.3 Å². The summed E-state index contributed by atoms with van der Waals surface area (Å²) in [5, 5.41) is 9.77. The number of aliphatic hydroxyl groups is 1. The summed E-state index contributed by atoms with van der Waals surface area (Å²) in [6.45, 7) is 7.28. The Bertz CT molecular complexity index is 871. The average Bonchev–Trinajstić information content (AvgIpc) is 3.07. The van der Waals surface area contributed by atoms with Crippen molar-refractivity contribution in [2.24, 2.45) is 23.2 Å². The van der Waals surface area contributed by atoms with Crippen molar-refractivity contribution >= 4 is 0 Å². The zero-order valence-electron chi connectivity index (χ0n) is 19.0. The molecule has 0 unspecified atom stereocenters. The van der Waals surface area contributed by atoms with E-state index in [1.54, 1.807) is 0 Å². The molecule has 0 aliphatic heterocycles. The Labute approximate surface area is 185 Å². The van der Waals surface area contributed by atoms with Gasteiger partial charge in [-0.3, -0.25) is 4.90 Å². The average molecular weight is 425 g/mol. The van der Waals surface area contributed by atoms with Gasteiger partial charge in [-0.05, 0) is 87.7 Å². The molecule has 31 heavy (non-hydrogen) atoms. The summed E-state index contributed by atoms with van der Waals surface area (Å²) in [6, 6.07) is 7.92. The Morgan fingerprint density at radius 1 is 1.13 bits per heavy atom. The summed E-state index contributed by atoms with van der Waals surface area (Å²) in [7, 11) is 0. The predicted molar refractivity (Wildman–Crippen MR) is 121 cm³/mol. The van der Waals surface area contributed by atoms with Gasteiger partial charge in [-0.25, -0.2) is 4.98 Å². The Balaban J connectivity index is 1.34. The number of hydrogen-bond donors (Lipinski definition) is 1. The van der Waals surface area contributed by atoms with E-state index in [1.165, 1.54) is 38.5 Å². The van der Waals surface area contributed by atoms with E-state index >= 15 is 0 Å². The minimum absolute atomic E-state index is 0.184. The fourth-order valence-electron chi connectivity index (χ4n) is 7.14. The van der Waals surface area contributed by atoms with Crippen LogP contribution in [0.4, 0.5) is 0 Å². The number of para-hydroxylation sites is 1. The second-order valence-electron chi connectivity index (χ2n) is 10.3. The standard InChI is InChI=1S/C26H36N2O3/c1-3-30-24-7-5-4-6-22(24)25-27-23(18(2)31-25)16-28(8-9-29)17-26-13-19-10-20(14-26)12-21(11-19)15-26/h4-7,19-21,29H,3,8-17H2,1-2H3. The predicted octanol–water partition coefficient (Wildman–Crippen LogP) is 5.06. The van der Waals surface area contributed by atoms with Gasteiger partial charge in [0.25, 0.3) is 0 Å². The molecule has 4 aliphatic rings. The van der Waals surface area contributed by atoms with E-state index in [2.05, 4.69) is 4.90 Å². The molecule has 1 aromatic heterocycles. The molecule has 0 radical (unpaired) electrons. The van der Waals surface area contributed by atoms with E-state index < -0.39 is 0 Å². The molecule has 0 spiro atoms. The minimum atomic E-state index is 0.184. The molecule has 4 aliphatic carbocycles. The summed E-state index contributed by atoms with van der Waals surface area (Å²) in [5.41, 5.74) is 2.32. The second-order valence-corrected chi connectivity index (χ2v) is 10.3. The van der Waals surface area contributed by atoms with Crippen molar-refractivity contribution in [2.45, 2.75) is 58.9 Å². The number of ether oxygens (including phenoxy) is 1. The maximum atomic E-state index is 9.77. The van der Waals surface area contributed by atoms with Gasteiger partial charge in [-0.2, -0.15) is 0 Å². The van der Waals surface area contributed by atoms with Gasteiger partial charge in [-0.15, -0.1) is 0 Å². The number of rotatable bonds is 9. The second kappa shape index (κ2) is 8.59. The van der Waals surface area contributed by atoms with Crippen molar-refractivity contribution in [1.29, 1.82) is 0 Å². The maximum absolute atomic E-state index is 9.77. The number of benzene rings is 1. The van der Waals surface area contributed by atoms with Crippen LogP contribution in [-0.4, -0.2) is 41.3 Å². The third kappa shape index (κ3) is 4.27. The summed E-state index contributed by atoms with van der Waals surface area (Å²) in [5.74, 6) is 5.11. The molecule has 6 rings (SSSR count). The van der Waals surface area contributed by atoms with Crippen molar-refractivity contribution in [1.82, 2.24) is 9.88 Å². The number of hydrogen-bond acceptors (Lipinski definition) is 5. The summed E-state index contributed by atoms with van der Waals surface area (Å²) < 4.78 is 11.9. The molecule has 0 amide bonds. The van der Waals surface area contributed by atoms with Crippen LogP contribution < -0.4 is 4.74 Å². The monoisotopic (exact) mass is 424 g/mol. The third-order valence-corrected chi connectivity index (χ3v) is 7.82. The largest absolute Gasteiger partial charge is 0.493 e. The van der Waals surface area contributed by atoms with E-state index in [0.717, 1.165) is 53.6 Å². The first-order valence-electron chi connectivity index (χ1n) is 12.1. The lowest BCUT2D eigenvalue weighted by Crippen LogP contribution is -2.51. The zero-order chi connectivity index (χ0) is 21.4. The van der Waals surface area contributed by atoms with Crippen LogP contribution in [0.1, 0.15) is 56.9 Å². The minimum Gasteiger partial charge on any atom is -0.493 e. The fraction of sp³-hybridized carbons (Fsp3) is 0.654. The Hall–Kier alpha value is -1.85. The molecule has 4 saturated carbocycles. The van der Waals surface area contributed by atoms with Gasteiger partial charge in [0.15, 0.2) is 0 Å². The Morgan fingerprint density at radius 2 is 1.81 bits per heavy atom. The highest BCUT2D eigenvalue weighted by atomic mass is 16.5. The molecule has 1 aromatic carbocycles. The van der Waals surface area contributed by atoms with Gasteiger partial charge in [-0.1, -0.05) is 12.1 Å². The molecule has 0 saturated heterocycles. The van der Waals surface area contributed by atoms with Crippen molar-refractivity contribution in [3.63, 3.8) is 0 Å². The van der Waals surface area contributed by atoms with Gasteiger partial charge < -0.3 is 14.3 Å². The van der Waals surface area contributed by atoms with Gasteiger partial charge in [0.2, 0.25) is 5.89 Å². The van der Waals surface area contributed by atoms with Gasteiger partial charge in [0.05, 0.1) is 24.5 Å². The third-order valence-electron chi connectivity index (χ3n) is 7.82. The highest BCUT2D eigenvalue weighted by molar-refractivity contribution is 5.63. The SMILES string of the molecule is CCOc1ccccc1-c1nc(CN(CCO)CC23CC4CC(CC(C4)C2)C3)c(C)o1. The Kier molecular flexibility index (Phi) is 5.82. The van der Waals surface area contributed by atoms with E-state index in [1.807, 2.05) is 38.1 Å². The highest BCUT2D eigenvalue weighted by Gasteiger charge is 2.51. The summed E-state index contributed by atoms with van der Waals surface area (Å²) in [6.07, 6.45) is 8.53. The lowest BCUT2D eigenvalue weighted by Gasteiger charge is -2.58. The number of aromatic nitrogens is 1. The highest BCUT2D eigenvalue weighted by Crippen LogP contribution is 2.60. The maximum Gasteiger partial charge on any atom is 0.230 e. The van der Waals surface area contributed by atoms with Gasteiger partial charge in [0, 0.05) is 19.6 Å². The first-order valence-corrected chi connectivity index (χ1v) is 12.1. The van der Waals surface area contributed by atoms with E-state index in [4.69, 9.17) is 14.1 Å². The number of oxazole rings is 1. The van der Waals surface area contributed by atoms with Crippen LogP contribution in [-0.2, 0) is 6.54 Å². The fourth-order valence-corrected chi connectivity index (χ4v) is 7.14. The lowest BCUT2D eigenvalue weighted by molar-refractivity contribution is -0.0715. The lowest BCUT2D eigenvalue weighted by atomic mass is 9.49. The zero-order valence-corrected chi connectivity index (χ0v) is 19.0. The molecule has 5 heteroatoms. The molecule has 168 valence electrons. The summed E-state index contributed by atoms with van der Waals surface area (Å²) in [4.78, 5) is 7.30. The molecule has 0 atom stereocenters. The van der Waals surface area contributed by atoms with Crippen LogP contribution in [0.2, 0.25) is 0 Å². The molecule has 2 aromatic rings. The molecule has 4 bridgehead atoms. The number of aliphatic hydroxyl groups excluding tert-OH is 1. The van der Waals surface area contributed by atoms with Crippen LogP contribution in [0.3, 0.4) is 0 Å². The normalized spacial score (nSPS) is 29.1. The number of nitrogens with zero attached hydrogens (tertiary/aromatic N) is 2. The quantitative estimate of drug-likeness (QED) is 0.610. The number of aryl methyl sites for hydroxylation is 1. The topological polar surface area (TPSA) is 58.7 Å². The van der Waals surface area contributed by atoms with E-state index in [0.29, 0.717) is 24.5 Å². The molecular weight excluding hydrogens is 388 g/mol. The molecule has 4 fully saturated rings. The van der Waals surface area contributed by atoms with Gasteiger partial charge >= 0.3 is 0 Å². The molecule has 1 N–H and O–H groups in total. The van der Waals surface area contributed by atoms with Gasteiger partial charge in [0.1, 0.15) is 11.5 Å². The van der Waals surface area contributed by atoms with Crippen molar-refractivity contribution in [3.8, 4) is 17.2 Å². The van der Waals surface area contributed by atoms with E-state index in [-0.39, 0.29) is 6.61 Å². The summed E-state index contributed by atoms with van der Waals surface area (Å²) >= 11 is 0. The van der Waals surface area contributed by atoms with Crippen LogP contribution in [0.15, 0.2) is 28.7 Å². The van der Waals surface area contributed by atoms with Crippen LogP contribution in [0.25, 0.3) is 11.5 Å². The van der Waals surface area contributed by atoms with Crippen molar-refractivity contribution in [3.05, 3.63) is 35.7 Å². The van der Waals surface area contributed by atoms with Crippen molar-refractivity contribution < 1.29 is 14.3 Å². The van der Waals surface area contributed by atoms with Crippen LogP contribution >= 0.6 is 0 Å². The molecular formula is C26H36N2O3.